The van der Waals surface area contributed by atoms with Crippen LogP contribution in [0.3, 0.4) is 0 Å². The third kappa shape index (κ3) is 13.1. The summed E-state index contributed by atoms with van der Waals surface area (Å²) in [4.78, 5) is 77.6. The van der Waals surface area contributed by atoms with Crippen molar-refractivity contribution in [3.05, 3.63) is 135 Å². The van der Waals surface area contributed by atoms with Gasteiger partial charge in [-0.2, -0.15) is 0 Å². The third-order valence-electron chi connectivity index (χ3n) is 11.8. The van der Waals surface area contributed by atoms with Gasteiger partial charge in [0.05, 0.1) is 82.8 Å². The van der Waals surface area contributed by atoms with E-state index >= 15 is 0 Å². The number of nitrogens with zero attached hydrogens (tertiary/aromatic N) is 4. The largest absolute Gasteiger partial charge is 0.379 e. The lowest BCUT2D eigenvalue weighted by Gasteiger charge is -2.29. The van der Waals surface area contributed by atoms with Gasteiger partial charge in [-0.1, -0.05) is 29.8 Å². The Kier molecular flexibility index (Phi) is 17.7. The van der Waals surface area contributed by atoms with Crippen LogP contribution in [0.5, 0.6) is 0 Å². The number of amides is 5. The predicted octanol–water partition coefficient (Wildman–Crippen LogP) is 5.35. The van der Waals surface area contributed by atoms with Crippen molar-refractivity contribution in [3.8, 4) is 11.3 Å². The van der Waals surface area contributed by atoms with Gasteiger partial charge in [0.2, 0.25) is 23.7 Å². The number of halogens is 3. The molecule has 1 fully saturated rings. The van der Waals surface area contributed by atoms with Crippen molar-refractivity contribution in [1.82, 2.24) is 30.8 Å². The zero-order chi connectivity index (χ0) is 50.4. The van der Waals surface area contributed by atoms with Gasteiger partial charge in [0.15, 0.2) is 0 Å². The van der Waals surface area contributed by atoms with E-state index in [0.29, 0.717) is 121 Å². The van der Waals surface area contributed by atoms with Crippen LogP contribution in [0.1, 0.15) is 62.2 Å². The highest BCUT2D eigenvalue weighted by Gasteiger charge is 2.40. The van der Waals surface area contributed by atoms with Crippen LogP contribution >= 0.6 is 11.6 Å². The maximum absolute atomic E-state index is 14.9. The number of aromatic nitrogens is 2. The number of carbonyl (C=O) groups excluding carboxylic acids is 5. The molecule has 72 heavy (non-hydrogen) atoms. The molecule has 0 aliphatic carbocycles. The second-order valence-electron chi connectivity index (χ2n) is 16.7. The van der Waals surface area contributed by atoms with E-state index < -0.39 is 23.6 Å². The molecule has 4 heterocycles. The quantitative estimate of drug-likeness (QED) is 0.0389. The smallest absolute Gasteiger partial charge is 0.255 e. The van der Waals surface area contributed by atoms with Crippen LogP contribution in [-0.2, 0) is 46.4 Å². The highest BCUT2D eigenvalue weighted by Crippen LogP contribution is 2.36. The molecule has 0 saturated carbocycles. The number of aliphatic imine (C=N–C) groups is 1. The molecular formula is C51H52ClF2N9O9. The predicted molar refractivity (Wildman–Crippen MR) is 262 cm³/mol. The highest BCUT2D eigenvalue weighted by atomic mass is 35.5. The van der Waals surface area contributed by atoms with Crippen LogP contribution in [0.15, 0.2) is 90.1 Å². The molecule has 5 aromatic rings. The summed E-state index contributed by atoms with van der Waals surface area (Å²) in [5.74, 6) is -2.90. The Morgan fingerprint density at radius 2 is 1.49 bits per heavy atom. The first-order valence-electron chi connectivity index (χ1n) is 23.4. The number of fused-ring (bicyclic) bond motifs is 4. The lowest BCUT2D eigenvalue weighted by Crippen LogP contribution is -2.52. The third-order valence-corrected chi connectivity index (χ3v) is 12.1. The SMILES string of the molecule is O=C1CCC(N2Cc3c(NC(=O)CCOCCOCCOCCNCCOCCNC(=O)c4ccc(Nc5ncc6c(n5)-c5ccc(Cl)cc5C(c5c(F)cccc5F)=NC6)cc4)cccc3C2=O)C(=O)N1. The van der Waals surface area contributed by atoms with Crippen molar-refractivity contribution in [3.63, 3.8) is 0 Å². The molecule has 8 rings (SSSR count). The van der Waals surface area contributed by atoms with Gasteiger partial charge in [-0.05, 0) is 67.1 Å². The van der Waals surface area contributed by atoms with E-state index in [2.05, 4.69) is 36.6 Å². The number of rotatable bonds is 24. The fourth-order valence-corrected chi connectivity index (χ4v) is 8.40. The zero-order valence-corrected chi connectivity index (χ0v) is 39.8. The molecule has 376 valence electrons. The molecule has 1 aromatic heterocycles. The first-order valence-corrected chi connectivity index (χ1v) is 23.8. The van der Waals surface area contributed by atoms with E-state index in [1.165, 1.54) is 23.1 Å². The monoisotopic (exact) mass is 1010 g/mol. The molecule has 1 saturated heterocycles. The number of anilines is 3. The first kappa shape index (κ1) is 51.3. The van der Waals surface area contributed by atoms with E-state index in [0.717, 1.165) is 0 Å². The number of benzene rings is 4. The highest BCUT2D eigenvalue weighted by molar-refractivity contribution is 6.31. The Labute approximate surface area is 418 Å². The van der Waals surface area contributed by atoms with Crippen LogP contribution in [0.25, 0.3) is 11.3 Å². The summed E-state index contributed by atoms with van der Waals surface area (Å²) in [5.41, 5.74) is 4.76. The molecule has 18 nitrogen and oxygen atoms in total. The lowest BCUT2D eigenvalue weighted by molar-refractivity contribution is -0.137. The molecule has 0 bridgehead atoms. The van der Waals surface area contributed by atoms with Gasteiger partial charge in [0.1, 0.15) is 17.7 Å². The van der Waals surface area contributed by atoms with Gasteiger partial charge in [0, 0.05) is 88.6 Å². The topological polar surface area (TPSA) is 224 Å². The number of ether oxygens (including phenoxy) is 4. The van der Waals surface area contributed by atoms with Crippen LogP contribution in [-0.4, -0.2) is 129 Å². The van der Waals surface area contributed by atoms with E-state index in [1.54, 1.807) is 66.9 Å². The number of nitrogens with one attached hydrogen (secondary N) is 5. The second-order valence-corrected chi connectivity index (χ2v) is 17.1. The Bertz CT molecular complexity index is 2820. The first-order chi connectivity index (χ1) is 35.0. The molecule has 21 heteroatoms. The molecule has 3 aliphatic rings. The summed E-state index contributed by atoms with van der Waals surface area (Å²) in [5, 5.41) is 14.7. The van der Waals surface area contributed by atoms with Crippen molar-refractivity contribution in [2.24, 2.45) is 4.99 Å². The fraction of sp³-hybridized carbons (Fsp3) is 0.333. The van der Waals surface area contributed by atoms with Crippen molar-refractivity contribution in [2.45, 2.75) is 38.4 Å². The molecule has 0 radical (unpaired) electrons. The number of piperidine rings is 1. The molecular weight excluding hydrogens is 956 g/mol. The summed E-state index contributed by atoms with van der Waals surface area (Å²) in [7, 11) is 0. The number of hydrogen-bond acceptors (Lipinski definition) is 14. The molecule has 3 aliphatic heterocycles. The van der Waals surface area contributed by atoms with E-state index in [9.17, 15) is 32.8 Å². The maximum atomic E-state index is 14.9. The minimum atomic E-state index is -0.739. The Balaban J connectivity index is 0.634. The standard InChI is InChI=1S/C51H52ClF2N9O9/c52-33-9-12-35-37(27-33)47(45-39(53)4-2-5-40(45)54)57-28-32-29-58-51(62-46(32)35)59-34-10-7-31(8-11-34)48(66)56-18-22-70-20-16-55-17-21-71-24-26-72-25-23-69-19-15-44(65)60-41-6-1-3-36-38(41)30-63(50(36)68)42-13-14-43(64)61-49(42)67/h1-12,27,29,42,55H,13-26,28,30H2,(H,56,66)(H,60,65)(H,58,59,62)(H,61,64,67). The Morgan fingerprint density at radius 1 is 0.792 bits per heavy atom. The van der Waals surface area contributed by atoms with Crippen LogP contribution in [0.2, 0.25) is 5.02 Å². The molecule has 1 atom stereocenters. The van der Waals surface area contributed by atoms with Crippen LogP contribution in [0.4, 0.5) is 26.1 Å². The minimum Gasteiger partial charge on any atom is -0.379 e. The maximum Gasteiger partial charge on any atom is 0.255 e. The van der Waals surface area contributed by atoms with Crippen molar-refractivity contribution in [1.29, 1.82) is 0 Å². The van der Waals surface area contributed by atoms with Crippen molar-refractivity contribution in [2.75, 3.05) is 83.1 Å². The molecule has 0 spiro atoms. The van der Waals surface area contributed by atoms with Gasteiger partial charge in [-0.15, -0.1) is 0 Å². The molecule has 5 amide bonds. The van der Waals surface area contributed by atoms with E-state index in [1.807, 2.05) is 0 Å². The van der Waals surface area contributed by atoms with Gasteiger partial charge < -0.3 is 45.1 Å². The zero-order valence-electron chi connectivity index (χ0n) is 39.1. The summed E-state index contributed by atoms with van der Waals surface area (Å²) >= 11 is 6.34. The van der Waals surface area contributed by atoms with E-state index in [4.69, 9.17) is 35.5 Å². The average Bonchev–Trinajstić information content (AvgIpc) is 3.62. The van der Waals surface area contributed by atoms with Gasteiger partial charge >= 0.3 is 0 Å². The van der Waals surface area contributed by atoms with Crippen molar-refractivity contribution < 1.29 is 51.7 Å². The van der Waals surface area contributed by atoms with Gasteiger partial charge in [0.25, 0.3) is 11.8 Å². The minimum absolute atomic E-state index is 0.0895. The Hall–Kier alpha value is -7.07. The lowest BCUT2D eigenvalue weighted by atomic mass is 9.95. The second kappa shape index (κ2) is 24.9. The summed E-state index contributed by atoms with van der Waals surface area (Å²) in [6.45, 7) is 4.66. The molecule has 1 unspecified atom stereocenters. The van der Waals surface area contributed by atoms with Crippen LogP contribution in [0, 0.1) is 11.6 Å². The number of carbonyl (C=O) groups is 5. The summed E-state index contributed by atoms with van der Waals surface area (Å²) in [6, 6.07) is 19.8. The number of hydrogen-bond donors (Lipinski definition) is 5. The average molecular weight is 1010 g/mol. The number of imide groups is 1. The molecule has 5 N–H and O–H groups in total. The Morgan fingerprint density at radius 3 is 2.24 bits per heavy atom. The fourth-order valence-electron chi connectivity index (χ4n) is 8.23. The summed E-state index contributed by atoms with van der Waals surface area (Å²) in [6.07, 6.45) is 2.13. The van der Waals surface area contributed by atoms with Crippen molar-refractivity contribution >= 4 is 64.2 Å². The normalized spacial score (nSPS) is 15.0. The van der Waals surface area contributed by atoms with Gasteiger partial charge in [-0.25, -0.2) is 18.7 Å². The molecule has 4 aromatic carbocycles. The van der Waals surface area contributed by atoms with Gasteiger partial charge in [-0.3, -0.25) is 34.3 Å². The summed E-state index contributed by atoms with van der Waals surface area (Å²) < 4.78 is 52.1. The van der Waals surface area contributed by atoms with Crippen LogP contribution < -0.4 is 26.6 Å². The van der Waals surface area contributed by atoms with E-state index in [-0.39, 0.29) is 79.8 Å².